The Labute approximate surface area is 256 Å². The lowest BCUT2D eigenvalue weighted by atomic mass is 9.72. The fourth-order valence-electron chi connectivity index (χ4n) is 6.54. The van der Waals surface area contributed by atoms with E-state index in [1.54, 1.807) is 0 Å². The molecule has 4 heteroatoms. The summed E-state index contributed by atoms with van der Waals surface area (Å²) >= 11 is 0. The van der Waals surface area contributed by atoms with Gasteiger partial charge in [0.05, 0.1) is 11.2 Å². The first-order valence-corrected chi connectivity index (χ1v) is 15.2. The molecule has 0 spiro atoms. The molecule has 0 aromatic heterocycles. The third-order valence-electron chi connectivity index (χ3n) is 9.76. The van der Waals surface area contributed by atoms with Gasteiger partial charge in [-0.3, -0.25) is 0 Å². The summed E-state index contributed by atoms with van der Waals surface area (Å²) in [7, 11) is -0.522. The molecule has 214 valence electrons. The lowest BCUT2D eigenvalue weighted by Crippen LogP contribution is -2.41. The highest BCUT2D eigenvalue weighted by Crippen LogP contribution is 2.49. The summed E-state index contributed by atoms with van der Waals surface area (Å²) in [6.45, 7) is 13.1. The zero-order valence-corrected chi connectivity index (χ0v) is 25.9. The first kappa shape index (κ1) is 27.7. The van der Waals surface area contributed by atoms with Gasteiger partial charge in [0.1, 0.15) is 0 Å². The summed E-state index contributed by atoms with van der Waals surface area (Å²) in [5, 5.41) is 3.72. The summed E-state index contributed by atoms with van der Waals surface area (Å²) in [4.78, 5) is 0. The van der Waals surface area contributed by atoms with Crippen LogP contribution in [0.5, 0.6) is 0 Å². The van der Waals surface area contributed by atoms with Gasteiger partial charge in [-0.25, -0.2) is 0 Å². The van der Waals surface area contributed by atoms with Crippen LogP contribution in [-0.2, 0) is 14.7 Å². The minimum atomic E-state index is -0.522. The van der Waals surface area contributed by atoms with Crippen molar-refractivity contribution >= 4 is 24.0 Å². The summed E-state index contributed by atoms with van der Waals surface area (Å²) in [5.74, 6) is 0. The van der Waals surface area contributed by atoms with Crippen LogP contribution in [0.4, 0.5) is 11.4 Å². The average Bonchev–Trinajstić information content (AvgIpc) is 3.37. The van der Waals surface area contributed by atoms with E-state index in [9.17, 15) is 0 Å². The smallest absolute Gasteiger partial charge is 0.399 e. The van der Waals surface area contributed by atoms with Crippen LogP contribution in [0, 0.1) is 0 Å². The molecule has 1 fully saturated rings. The van der Waals surface area contributed by atoms with Crippen LogP contribution in [0.2, 0.25) is 0 Å². The predicted molar refractivity (Wildman–Crippen MR) is 180 cm³/mol. The van der Waals surface area contributed by atoms with Crippen molar-refractivity contribution in [2.24, 2.45) is 0 Å². The molecule has 0 atom stereocenters. The van der Waals surface area contributed by atoms with E-state index in [2.05, 4.69) is 156 Å². The molecule has 0 bridgehead atoms. The van der Waals surface area contributed by atoms with Crippen LogP contribution >= 0.6 is 0 Å². The number of benzene rings is 5. The first-order chi connectivity index (χ1) is 20.5. The number of fused-ring (bicyclic) bond motifs is 3. The quantitative estimate of drug-likeness (QED) is 0.216. The summed E-state index contributed by atoms with van der Waals surface area (Å²) in [6, 6.07) is 41.2. The molecule has 1 heterocycles. The molecule has 1 N–H and O–H groups in total. The second kappa shape index (κ2) is 9.97. The zero-order chi connectivity index (χ0) is 30.0. The predicted octanol–water partition coefficient (Wildman–Crippen LogP) is 9.37. The highest BCUT2D eigenvalue weighted by Gasteiger charge is 2.53. The van der Waals surface area contributed by atoms with E-state index < -0.39 is 18.3 Å². The maximum atomic E-state index is 6.69. The van der Waals surface area contributed by atoms with Crippen LogP contribution in [0.25, 0.3) is 33.4 Å². The molecule has 43 heavy (non-hydrogen) atoms. The fourth-order valence-corrected chi connectivity index (χ4v) is 6.54. The molecule has 0 radical (unpaired) electrons. The molecule has 0 saturated carbocycles. The summed E-state index contributed by atoms with van der Waals surface area (Å²) < 4.78 is 13.4. The van der Waals surface area contributed by atoms with Crippen molar-refractivity contribution in [1.29, 1.82) is 0 Å². The minimum absolute atomic E-state index is 0.0806. The van der Waals surface area contributed by atoms with E-state index in [0.717, 1.165) is 28.0 Å². The topological polar surface area (TPSA) is 30.5 Å². The third-order valence-corrected chi connectivity index (χ3v) is 9.76. The van der Waals surface area contributed by atoms with Gasteiger partial charge < -0.3 is 14.6 Å². The molecule has 1 aliphatic heterocycles. The Balaban J connectivity index is 1.32. The largest absolute Gasteiger partial charge is 0.497 e. The molecule has 1 saturated heterocycles. The molecule has 2 aliphatic rings. The lowest BCUT2D eigenvalue weighted by Gasteiger charge is -2.32. The minimum Gasteiger partial charge on any atom is -0.399 e. The Morgan fingerprint density at radius 2 is 1.09 bits per heavy atom. The molecular weight excluding hydrogens is 525 g/mol. The van der Waals surface area contributed by atoms with E-state index in [4.69, 9.17) is 9.31 Å². The molecule has 5 aromatic rings. The fraction of sp³-hybridized carbons (Fsp3) is 0.231. The molecule has 0 amide bonds. The highest BCUT2D eigenvalue weighted by molar-refractivity contribution is 6.65. The number of hydrogen-bond donors (Lipinski definition) is 1. The normalized spacial score (nSPS) is 17.4. The molecule has 0 unspecified atom stereocenters. The van der Waals surface area contributed by atoms with Crippen LogP contribution in [0.3, 0.4) is 0 Å². The van der Waals surface area contributed by atoms with Gasteiger partial charge in [-0.05, 0) is 96.5 Å². The maximum Gasteiger partial charge on any atom is 0.497 e. The molecule has 1 aliphatic carbocycles. The second-order valence-electron chi connectivity index (χ2n) is 13.4. The van der Waals surface area contributed by atoms with Gasteiger partial charge in [-0.2, -0.15) is 0 Å². The molecule has 3 nitrogen and oxygen atoms in total. The van der Waals surface area contributed by atoms with Gasteiger partial charge in [-0.1, -0.05) is 105 Å². The second-order valence-corrected chi connectivity index (χ2v) is 13.4. The van der Waals surface area contributed by atoms with Crippen molar-refractivity contribution in [3.8, 4) is 33.4 Å². The third kappa shape index (κ3) is 4.61. The standard InChI is InChI=1S/C39H38BNO2/c1-37(2)33-17-11-10-15-31(33)32-24-21-28(25-34(32)37)30-16-12-18-35(36(30)40-42-38(3,4)39(5,6)43-40)41-29-22-19-27(20-23-29)26-13-8-7-9-14-26/h7-25,41H,1-6H3. The Morgan fingerprint density at radius 1 is 0.512 bits per heavy atom. The van der Waals surface area contributed by atoms with Crippen molar-refractivity contribution in [3.05, 3.63) is 126 Å². The van der Waals surface area contributed by atoms with Gasteiger partial charge in [0.2, 0.25) is 0 Å². The first-order valence-electron chi connectivity index (χ1n) is 15.2. The van der Waals surface area contributed by atoms with Crippen LogP contribution in [-0.4, -0.2) is 18.3 Å². The molecular formula is C39H38BNO2. The Morgan fingerprint density at radius 3 is 1.81 bits per heavy atom. The average molecular weight is 564 g/mol. The van der Waals surface area contributed by atoms with Crippen molar-refractivity contribution < 1.29 is 9.31 Å². The van der Waals surface area contributed by atoms with E-state index in [1.165, 1.54) is 33.4 Å². The number of rotatable bonds is 5. The van der Waals surface area contributed by atoms with Gasteiger partial charge in [0.15, 0.2) is 0 Å². The van der Waals surface area contributed by atoms with E-state index >= 15 is 0 Å². The summed E-state index contributed by atoms with van der Waals surface area (Å²) in [6.07, 6.45) is 0. The van der Waals surface area contributed by atoms with Gasteiger partial charge in [0.25, 0.3) is 0 Å². The van der Waals surface area contributed by atoms with Crippen LogP contribution < -0.4 is 10.8 Å². The highest BCUT2D eigenvalue weighted by atomic mass is 16.7. The number of nitrogens with one attached hydrogen (secondary N) is 1. The van der Waals surface area contributed by atoms with Crippen molar-refractivity contribution in [2.75, 3.05) is 5.32 Å². The van der Waals surface area contributed by atoms with Gasteiger partial charge in [0, 0.05) is 22.3 Å². The van der Waals surface area contributed by atoms with Crippen molar-refractivity contribution in [2.45, 2.75) is 58.2 Å². The zero-order valence-electron chi connectivity index (χ0n) is 25.9. The van der Waals surface area contributed by atoms with Gasteiger partial charge >= 0.3 is 7.12 Å². The van der Waals surface area contributed by atoms with E-state index in [1.807, 2.05) is 6.07 Å². The maximum absolute atomic E-state index is 6.69. The Kier molecular flexibility index (Phi) is 6.43. The lowest BCUT2D eigenvalue weighted by molar-refractivity contribution is 0.00578. The molecule has 7 rings (SSSR count). The monoisotopic (exact) mass is 563 g/mol. The summed E-state index contributed by atoms with van der Waals surface area (Å²) in [5.41, 5.74) is 12.0. The van der Waals surface area contributed by atoms with E-state index in [-0.39, 0.29) is 5.41 Å². The van der Waals surface area contributed by atoms with Crippen LogP contribution in [0.1, 0.15) is 52.7 Å². The Bertz CT molecular complexity index is 1810. The SMILES string of the molecule is CC1(C)c2ccccc2-c2ccc(-c3cccc(Nc4ccc(-c5ccccc5)cc4)c3B3OC(C)(C)C(C)(C)O3)cc21. The number of anilines is 2. The Hall–Kier alpha value is -4.12. The van der Waals surface area contributed by atoms with E-state index in [0.29, 0.717) is 0 Å². The number of hydrogen-bond acceptors (Lipinski definition) is 3. The van der Waals surface area contributed by atoms with Gasteiger partial charge in [-0.15, -0.1) is 0 Å². The van der Waals surface area contributed by atoms with Crippen molar-refractivity contribution in [3.63, 3.8) is 0 Å². The molecule has 5 aromatic carbocycles. The van der Waals surface area contributed by atoms with Crippen molar-refractivity contribution in [1.82, 2.24) is 0 Å². The van der Waals surface area contributed by atoms with Crippen LogP contribution in [0.15, 0.2) is 115 Å².